The van der Waals surface area contributed by atoms with Crippen LogP contribution in [0.25, 0.3) is 0 Å². The lowest BCUT2D eigenvalue weighted by Crippen LogP contribution is -2.52. The summed E-state index contributed by atoms with van der Waals surface area (Å²) >= 11 is 0. The number of rotatable bonds is 7. The first kappa shape index (κ1) is 21.6. The molecule has 0 radical (unpaired) electrons. The van der Waals surface area contributed by atoms with Crippen molar-refractivity contribution in [2.45, 2.75) is 104 Å². The summed E-state index contributed by atoms with van der Waals surface area (Å²) in [6, 6.07) is 0. The van der Waals surface area contributed by atoms with Crippen molar-refractivity contribution >= 4 is 14.3 Å². The Morgan fingerprint density at radius 1 is 1.08 bits per heavy atom. The second kappa shape index (κ2) is 8.30. The molecule has 1 rings (SSSR count). The average molecular weight is 361 g/mol. The second-order valence-electron chi connectivity index (χ2n) is 8.16. The maximum absolute atomic E-state index is 11.2. The molecule has 0 unspecified atom stereocenters. The minimum absolute atomic E-state index is 0.138. The van der Waals surface area contributed by atoms with E-state index in [1.165, 1.54) is 6.92 Å². The summed E-state index contributed by atoms with van der Waals surface area (Å²) in [7, 11) is -1.94. The summed E-state index contributed by atoms with van der Waals surface area (Å²) in [4.78, 5) is 11.2. The van der Waals surface area contributed by atoms with Gasteiger partial charge in [0.15, 0.2) is 14.1 Å². The highest BCUT2D eigenvalue weighted by Gasteiger charge is 2.46. The van der Waals surface area contributed by atoms with Gasteiger partial charge in [-0.25, -0.2) is 0 Å². The van der Waals surface area contributed by atoms with Gasteiger partial charge in [-0.1, -0.05) is 41.5 Å². The molecule has 1 heterocycles. The normalized spacial score (nSPS) is 24.7. The summed E-state index contributed by atoms with van der Waals surface area (Å²) in [5, 5.41) is 0. The topological polar surface area (TPSA) is 54.0 Å². The van der Waals surface area contributed by atoms with E-state index in [-0.39, 0.29) is 12.1 Å². The van der Waals surface area contributed by atoms with E-state index >= 15 is 0 Å². The largest absolute Gasteiger partial charge is 0.436 e. The van der Waals surface area contributed by atoms with Gasteiger partial charge in [0.2, 0.25) is 6.29 Å². The summed E-state index contributed by atoms with van der Waals surface area (Å²) in [5.74, 6) is -1.13. The molecule has 6 heteroatoms. The summed E-state index contributed by atoms with van der Waals surface area (Å²) in [6.45, 7) is 19.2. The van der Waals surface area contributed by atoms with Crippen molar-refractivity contribution in [1.82, 2.24) is 0 Å². The van der Waals surface area contributed by atoms with Crippen LogP contribution in [0, 0.1) is 0 Å². The molecule has 1 fully saturated rings. The van der Waals surface area contributed by atoms with E-state index in [4.69, 9.17) is 18.6 Å². The van der Waals surface area contributed by atoms with Crippen molar-refractivity contribution in [3.8, 4) is 0 Å². The van der Waals surface area contributed by atoms with E-state index in [2.05, 4.69) is 41.5 Å². The summed E-state index contributed by atoms with van der Waals surface area (Å²) < 4.78 is 23.5. The fraction of sp³-hybridized carbons (Fsp3) is 0.944. The van der Waals surface area contributed by atoms with Crippen LogP contribution in [-0.4, -0.2) is 39.1 Å². The Labute approximate surface area is 148 Å². The maximum Gasteiger partial charge on any atom is 0.304 e. The van der Waals surface area contributed by atoms with Crippen molar-refractivity contribution in [2.75, 3.05) is 6.61 Å². The van der Waals surface area contributed by atoms with Gasteiger partial charge in [-0.3, -0.25) is 4.79 Å². The monoisotopic (exact) mass is 360 g/mol. The van der Waals surface area contributed by atoms with E-state index in [1.807, 2.05) is 13.8 Å². The van der Waals surface area contributed by atoms with Gasteiger partial charge < -0.3 is 18.6 Å². The van der Waals surface area contributed by atoms with Crippen molar-refractivity contribution < 1.29 is 23.4 Å². The Bertz CT molecular complexity index is 398. The number of carbonyl (C=O) groups excluding carboxylic acids is 1. The molecule has 0 spiro atoms. The van der Waals surface area contributed by atoms with Gasteiger partial charge in [0.1, 0.15) is 0 Å². The van der Waals surface area contributed by atoms with Crippen LogP contribution in [0.2, 0.25) is 16.6 Å². The van der Waals surface area contributed by atoms with Gasteiger partial charge in [-0.15, -0.1) is 0 Å². The van der Waals surface area contributed by atoms with Gasteiger partial charge in [-0.2, -0.15) is 0 Å². The van der Waals surface area contributed by atoms with Crippen LogP contribution in [0.1, 0.15) is 68.7 Å². The smallest absolute Gasteiger partial charge is 0.304 e. The first-order valence-corrected chi connectivity index (χ1v) is 11.2. The molecule has 0 amide bonds. The molecule has 0 N–H and O–H groups in total. The number of hydrogen-bond donors (Lipinski definition) is 0. The third kappa shape index (κ3) is 5.28. The Balaban J connectivity index is 2.84. The fourth-order valence-electron chi connectivity index (χ4n) is 4.15. The molecule has 0 aromatic carbocycles. The zero-order chi connectivity index (χ0) is 18.7. The second-order valence-corrected chi connectivity index (χ2v) is 13.6. The lowest BCUT2D eigenvalue weighted by atomic mass is 10.2. The van der Waals surface area contributed by atoms with Crippen molar-refractivity contribution in [3.05, 3.63) is 0 Å². The minimum atomic E-state index is -1.94. The molecule has 1 saturated heterocycles. The summed E-state index contributed by atoms with van der Waals surface area (Å²) in [5.41, 5.74) is 1.57. The standard InChI is InChI=1S/C18H36O5Si/c1-12(2)24(13(3)4,14(5)6)20-11-16-10-17(21-15(7)19)23-18(8,9)22-16/h12-14,16-17H,10-11H2,1-9H3/t16-,17+/m0/s1. The lowest BCUT2D eigenvalue weighted by molar-refractivity contribution is -0.345. The van der Waals surface area contributed by atoms with Gasteiger partial charge >= 0.3 is 5.97 Å². The molecule has 2 atom stereocenters. The maximum atomic E-state index is 11.2. The highest BCUT2D eigenvalue weighted by molar-refractivity contribution is 6.77. The highest BCUT2D eigenvalue weighted by Crippen LogP contribution is 2.42. The van der Waals surface area contributed by atoms with Crippen LogP contribution in [0.3, 0.4) is 0 Å². The third-order valence-electron chi connectivity index (χ3n) is 4.84. The van der Waals surface area contributed by atoms with Crippen LogP contribution in [0.15, 0.2) is 0 Å². The van der Waals surface area contributed by atoms with E-state index < -0.39 is 20.4 Å². The number of ether oxygens (including phenoxy) is 3. The Hall–Kier alpha value is -0.433. The number of esters is 1. The molecular formula is C18H36O5Si. The zero-order valence-corrected chi connectivity index (χ0v) is 17.8. The Morgan fingerprint density at radius 2 is 1.58 bits per heavy atom. The number of carbonyl (C=O) groups is 1. The first-order valence-electron chi connectivity index (χ1n) is 9.07. The number of hydrogen-bond acceptors (Lipinski definition) is 5. The fourth-order valence-corrected chi connectivity index (χ4v) is 9.63. The SMILES string of the molecule is CC(=O)O[C@H]1C[C@@H](CO[Si](C(C)C)(C(C)C)C(C)C)OC(C)(C)O1. The quantitative estimate of drug-likeness (QED) is 0.490. The molecule has 0 bridgehead atoms. The predicted octanol–water partition coefficient (Wildman–Crippen LogP) is 4.61. The van der Waals surface area contributed by atoms with Crippen molar-refractivity contribution in [2.24, 2.45) is 0 Å². The lowest BCUT2D eigenvalue weighted by Gasteiger charge is -2.45. The molecule has 0 aromatic heterocycles. The molecule has 0 aliphatic carbocycles. The van der Waals surface area contributed by atoms with Crippen LogP contribution < -0.4 is 0 Å². The molecule has 24 heavy (non-hydrogen) atoms. The van der Waals surface area contributed by atoms with E-state index in [0.717, 1.165) is 0 Å². The highest BCUT2D eigenvalue weighted by atomic mass is 28.4. The van der Waals surface area contributed by atoms with Crippen LogP contribution in [0.5, 0.6) is 0 Å². The first-order chi connectivity index (χ1) is 10.9. The van der Waals surface area contributed by atoms with Crippen LogP contribution in [0.4, 0.5) is 0 Å². The molecule has 0 saturated carbocycles. The van der Waals surface area contributed by atoms with Gasteiger partial charge in [0.25, 0.3) is 0 Å². The third-order valence-corrected chi connectivity index (χ3v) is 10.9. The molecule has 142 valence electrons. The Morgan fingerprint density at radius 3 is 2.00 bits per heavy atom. The Kier molecular flexibility index (Phi) is 7.47. The predicted molar refractivity (Wildman–Crippen MR) is 97.2 cm³/mol. The molecule has 1 aliphatic heterocycles. The average Bonchev–Trinajstić information content (AvgIpc) is 2.34. The molecule has 1 aliphatic rings. The van der Waals surface area contributed by atoms with Crippen molar-refractivity contribution in [1.29, 1.82) is 0 Å². The summed E-state index contributed by atoms with van der Waals surface area (Å²) in [6.07, 6.45) is -0.212. The van der Waals surface area contributed by atoms with Crippen LogP contribution >= 0.6 is 0 Å². The van der Waals surface area contributed by atoms with Crippen LogP contribution in [-0.2, 0) is 23.4 Å². The zero-order valence-electron chi connectivity index (χ0n) is 16.8. The van der Waals surface area contributed by atoms with E-state index in [1.54, 1.807) is 0 Å². The van der Waals surface area contributed by atoms with Gasteiger partial charge in [0, 0.05) is 13.3 Å². The van der Waals surface area contributed by atoms with Gasteiger partial charge in [0.05, 0.1) is 12.7 Å². The van der Waals surface area contributed by atoms with E-state index in [9.17, 15) is 4.79 Å². The van der Waals surface area contributed by atoms with Crippen molar-refractivity contribution in [3.63, 3.8) is 0 Å². The van der Waals surface area contributed by atoms with E-state index in [0.29, 0.717) is 29.7 Å². The molecular weight excluding hydrogens is 324 g/mol. The molecule has 0 aromatic rings. The molecule has 5 nitrogen and oxygen atoms in total. The van der Waals surface area contributed by atoms with Gasteiger partial charge in [-0.05, 0) is 30.5 Å². The minimum Gasteiger partial charge on any atom is -0.436 e.